The number of allylic oxidation sites excluding steroid dienone is 1. The van der Waals surface area contributed by atoms with Gasteiger partial charge in [0.1, 0.15) is 12.3 Å². The van der Waals surface area contributed by atoms with Crippen molar-refractivity contribution in [1.82, 2.24) is 0 Å². The maximum atomic E-state index is 11.6. The van der Waals surface area contributed by atoms with Crippen molar-refractivity contribution in [2.45, 2.75) is 26.3 Å². The Morgan fingerprint density at radius 2 is 2.15 bits per heavy atom. The fourth-order valence-electron chi connectivity index (χ4n) is 1.50. The summed E-state index contributed by atoms with van der Waals surface area (Å²) in [6.45, 7) is 3.17. The monoisotopic (exact) mass is 296 g/mol. The highest BCUT2D eigenvalue weighted by molar-refractivity contribution is 8.13. The van der Waals surface area contributed by atoms with Crippen LogP contribution in [0.3, 0.4) is 0 Å². The molecular formula is C14H22N3O2S+. The highest BCUT2D eigenvalue weighted by Crippen LogP contribution is 2.10. The molecule has 110 valence electrons. The van der Waals surface area contributed by atoms with Gasteiger partial charge in [-0.3, -0.25) is 4.79 Å². The van der Waals surface area contributed by atoms with Crippen LogP contribution in [0.5, 0.6) is 5.75 Å². The summed E-state index contributed by atoms with van der Waals surface area (Å²) in [5.41, 5.74) is 11.4. The van der Waals surface area contributed by atoms with Crippen LogP contribution in [-0.4, -0.2) is 17.5 Å². The van der Waals surface area contributed by atoms with Crippen molar-refractivity contribution in [2.75, 3.05) is 12.4 Å². The van der Waals surface area contributed by atoms with Crippen LogP contribution < -0.4 is 20.8 Å². The molecule has 0 amide bonds. The number of rotatable bonds is 8. The van der Waals surface area contributed by atoms with Crippen molar-refractivity contribution in [2.24, 2.45) is 11.5 Å². The van der Waals surface area contributed by atoms with Crippen LogP contribution in [-0.2, 0) is 11.3 Å². The molecule has 0 saturated heterocycles. The Bertz CT molecular complexity index is 446. The first kappa shape index (κ1) is 16.4. The van der Waals surface area contributed by atoms with E-state index in [9.17, 15) is 4.79 Å². The van der Waals surface area contributed by atoms with Gasteiger partial charge in [0, 0.05) is 36.2 Å². The third-order valence-corrected chi connectivity index (χ3v) is 3.41. The average molecular weight is 296 g/mol. The number of hydrogen-bond donors (Lipinski definition) is 2. The van der Waals surface area contributed by atoms with E-state index in [0.29, 0.717) is 23.6 Å². The van der Waals surface area contributed by atoms with Crippen molar-refractivity contribution in [1.29, 1.82) is 0 Å². The predicted molar refractivity (Wildman–Crippen MR) is 81.0 cm³/mol. The molecular weight excluding hydrogens is 274 g/mol. The number of aryl methyl sites for hydroxylation is 1. The number of pyridine rings is 1. The molecule has 0 spiro atoms. The van der Waals surface area contributed by atoms with Crippen LogP contribution in [0.4, 0.5) is 0 Å². The number of aromatic nitrogens is 1. The summed E-state index contributed by atoms with van der Waals surface area (Å²) in [6, 6.07) is 3.73. The molecule has 4 N–H and O–H groups in total. The molecule has 20 heavy (non-hydrogen) atoms. The fourth-order valence-corrected chi connectivity index (χ4v) is 2.20. The zero-order valence-electron chi connectivity index (χ0n) is 11.7. The van der Waals surface area contributed by atoms with Gasteiger partial charge in [-0.1, -0.05) is 18.7 Å². The van der Waals surface area contributed by atoms with Crippen molar-refractivity contribution >= 4 is 16.9 Å². The molecule has 0 radical (unpaired) electrons. The second-order valence-corrected chi connectivity index (χ2v) is 5.42. The summed E-state index contributed by atoms with van der Waals surface area (Å²) in [4.78, 5) is 11.6. The quantitative estimate of drug-likeness (QED) is 0.704. The minimum absolute atomic E-state index is 0.0138. The fraction of sp³-hybridized carbons (Fsp3) is 0.429. The van der Waals surface area contributed by atoms with Crippen LogP contribution in [0.25, 0.3) is 0 Å². The molecule has 1 rings (SSSR count). The summed E-state index contributed by atoms with van der Waals surface area (Å²) in [7, 11) is 0. The Morgan fingerprint density at radius 1 is 1.45 bits per heavy atom. The largest absolute Gasteiger partial charge is 0.484 e. The Kier molecular flexibility index (Phi) is 7.57. The molecule has 0 aromatic carbocycles. The molecule has 0 aliphatic carbocycles. The van der Waals surface area contributed by atoms with E-state index in [0.717, 1.165) is 13.0 Å². The molecule has 1 aromatic heterocycles. The summed E-state index contributed by atoms with van der Waals surface area (Å²) in [6.07, 6.45) is 6.94. The molecule has 0 aliphatic heterocycles. The SMILES string of the molecule is CCC[n+]1ccc(OCC(=O)SCC/C(N)=C/N)cc1. The summed E-state index contributed by atoms with van der Waals surface area (Å²) < 4.78 is 7.51. The van der Waals surface area contributed by atoms with E-state index in [1.54, 1.807) is 0 Å². The van der Waals surface area contributed by atoms with Crippen LogP contribution in [0.1, 0.15) is 19.8 Å². The Hall–Kier alpha value is -1.69. The molecule has 5 nitrogen and oxygen atoms in total. The molecule has 1 heterocycles. The normalized spacial score (nSPS) is 11.3. The highest BCUT2D eigenvalue weighted by atomic mass is 32.2. The molecule has 0 bridgehead atoms. The topological polar surface area (TPSA) is 82.2 Å². The summed E-state index contributed by atoms with van der Waals surface area (Å²) in [5, 5.41) is -0.0138. The van der Waals surface area contributed by atoms with Gasteiger partial charge < -0.3 is 16.2 Å². The van der Waals surface area contributed by atoms with E-state index in [2.05, 4.69) is 11.5 Å². The number of nitrogens with zero attached hydrogens (tertiary/aromatic N) is 1. The lowest BCUT2D eigenvalue weighted by Gasteiger charge is -2.04. The van der Waals surface area contributed by atoms with E-state index in [-0.39, 0.29) is 11.7 Å². The van der Waals surface area contributed by atoms with E-state index in [4.69, 9.17) is 16.2 Å². The predicted octanol–water partition coefficient (Wildman–Crippen LogP) is 1.17. The molecule has 0 saturated carbocycles. The number of nitrogens with two attached hydrogens (primary N) is 2. The van der Waals surface area contributed by atoms with Crippen molar-refractivity contribution in [3.05, 3.63) is 36.4 Å². The van der Waals surface area contributed by atoms with Gasteiger partial charge in [-0.05, 0) is 6.42 Å². The van der Waals surface area contributed by atoms with Gasteiger partial charge in [-0.15, -0.1) is 0 Å². The first-order chi connectivity index (χ1) is 9.65. The van der Waals surface area contributed by atoms with Gasteiger partial charge in [0.2, 0.25) is 5.12 Å². The Balaban J connectivity index is 2.26. The Labute approximate surface area is 124 Å². The van der Waals surface area contributed by atoms with Crippen molar-refractivity contribution < 1.29 is 14.1 Å². The second kappa shape index (κ2) is 9.25. The van der Waals surface area contributed by atoms with Gasteiger partial charge in [0.15, 0.2) is 19.0 Å². The highest BCUT2D eigenvalue weighted by Gasteiger charge is 2.06. The van der Waals surface area contributed by atoms with Crippen molar-refractivity contribution in [3.63, 3.8) is 0 Å². The first-order valence-electron chi connectivity index (χ1n) is 6.59. The smallest absolute Gasteiger partial charge is 0.226 e. The first-order valence-corrected chi connectivity index (χ1v) is 7.58. The molecule has 0 aliphatic rings. The van der Waals surface area contributed by atoms with Crippen LogP contribution in [0, 0.1) is 0 Å². The number of carbonyl (C=O) groups excluding carboxylic acids is 1. The lowest BCUT2D eigenvalue weighted by atomic mass is 10.4. The number of ether oxygens (including phenoxy) is 1. The second-order valence-electron chi connectivity index (χ2n) is 4.27. The maximum Gasteiger partial charge on any atom is 0.226 e. The molecule has 0 unspecified atom stereocenters. The molecule has 6 heteroatoms. The lowest BCUT2D eigenvalue weighted by molar-refractivity contribution is -0.697. The summed E-state index contributed by atoms with van der Waals surface area (Å²) >= 11 is 1.21. The van der Waals surface area contributed by atoms with Gasteiger partial charge in [-0.2, -0.15) is 0 Å². The van der Waals surface area contributed by atoms with Crippen LogP contribution in [0.2, 0.25) is 0 Å². The van der Waals surface area contributed by atoms with E-state index < -0.39 is 0 Å². The molecule has 0 fully saturated rings. The zero-order chi connectivity index (χ0) is 14.8. The van der Waals surface area contributed by atoms with E-state index in [1.807, 2.05) is 24.5 Å². The third-order valence-electron chi connectivity index (χ3n) is 2.57. The van der Waals surface area contributed by atoms with Crippen molar-refractivity contribution in [3.8, 4) is 5.75 Å². The van der Waals surface area contributed by atoms with E-state index >= 15 is 0 Å². The van der Waals surface area contributed by atoms with Gasteiger partial charge in [0.05, 0.1) is 0 Å². The third kappa shape index (κ3) is 6.47. The standard InChI is InChI=1S/C14H22N3O2S/c1-2-6-17-7-3-13(4-8-17)19-11-14(18)20-9-5-12(16)10-15/h3-4,7-8,10H,2,5-6,9,11,15-16H2,1H3/q+1/b12-10-. The van der Waals surface area contributed by atoms with E-state index in [1.165, 1.54) is 18.0 Å². The maximum absolute atomic E-state index is 11.6. The molecule has 0 atom stereocenters. The summed E-state index contributed by atoms with van der Waals surface area (Å²) in [5.74, 6) is 1.32. The number of hydrogen-bond acceptors (Lipinski definition) is 5. The number of thioether (sulfide) groups is 1. The van der Waals surface area contributed by atoms with Gasteiger partial charge in [-0.25, -0.2) is 4.57 Å². The van der Waals surface area contributed by atoms with Gasteiger partial charge in [0.25, 0.3) is 0 Å². The Morgan fingerprint density at radius 3 is 2.75 bits per heavy atom. The number of carbonyl (C=O) groups is 1. The zero-order valence-corrected chi connectivity index (χ0v) is 12.6. The molecule has 1 aromatic rings. The van der Waals surface area contributed by atoms with Gasteiger partial charge >= 0.3 is 0 Å². The average Bonchev–Trinajstić information content (AvgIpc) is 2.46. The minimum atomic E-state index is -0.0138. The lowest BCUT2D eigenvalue weighted by Crippen LogP contribution is -2.31. The minimum Gasteiger partial charge on any atom is -0.484 e. The van der Waals surface area contributed by atoms with Crippen LogP contribution in [0.15, 0.2) is 36.4 Å². The van der Waals surface area contributed by atoms with Crippen LogP contribution >= 0.6 is 11.8 Å².